The van der Waals surface area contributed by atoms with Crippen LogP contribution in [-0.4, -0.2) is 34.2 Å². The van der Waals surface area contributed by atoms with E-state index in [2.05, 4.69) is 0 Å². The first kappa shape index (κ1) is 13.8. The molecule has 100 valence electrons. The van der Waals surface area contributed by atoms with Crippen LogP contribution in [0.25, 0.3) is 0 Å². The molecule has 1 aliphatic heterocycles. The van der Waals surface area contributed by atoms with Crippen LogP contribution in [0.2, 0.25) is 10.0 Å². The highest BCUT2D eigenvalue weighted by Crippen LogP contribution is 2.24. The number of aliphatic carboxylic acids is 1. The maximum absolute atomic E-state index is 11.6. The second-order valence-electron chi connectivity index (χ2n) is 4.19. The van der Waals surface area contributed by atoms with Gasteiger partial charge in [0.25, 0.3) is 5.91 Å². The Morgan fingerprint density at radius 3 is 2.53 bits per heavy atom. The molecule has 0 saturated carbocycles. The summed E-state index contributed by atoms with van der Waals surface area (Å²) >= 11 is 11.6. The molecule has 1 aromatic carbocycles. The van der Waals surface area contributed by atoms with Gasteiger partial charge in [0.2, 0.25) is 5.78 Å². The summed E-state index contributed by atoms with van der Waals surface area (Å²) in [6, 6.07) is 4.83. The fourth-order valence-electron chi connectivity index (χ4n) is 1.88. The van der Waals surface area contributed by atoms with E-state index < -0.39 is 23.6 Å². The Morgan fingerprint density at radius 2 is 2.00 bits per heavy atom. The molecule has 1 unspecified atom stereocenters. The van der Waals surface area contributed by atoms with Crippen molar-refractivity contribution in [2.45, 2.75) is 6.54 Å². The number of nitrogens with zero attached hydrogens (tertiary/aromatic N) is 1. The molecule has 0 radical (unpaired) electrons. The Labute approximate surface area is 118 Å². The quantitative estimate of drug-likeness (QED) is 0.680. The smallest absolute Gasteiger partial charge is 0.316 e. The molecule has 1 N–H and O–H groups in total. The van der Waals surface area contributed by atoms with Crippen molar-refractivity contribution in [3.8, 4) is 0 Å². The third-order valence-corrected chi connectivity index (χ3v) is 3.61. The lowest BCUT2D eigenvalue weighted by Gasteiger charge is -2.15. The van der Waals surface area contributed by atoms with E-state index in [4.69, 9.17) is 28.3 Å². The van der Waals surface area contributed by atoms with Gasteiger partial charge in [-0.05, 0) is 17.7 Å². The number of ketones is 1. The summed E-state index contributed by atoms with van der Waals surface area (Å²) in [5.41, 5.74) is 0.682. The van der Waals surface area contributed by atoms with Gasteiger partial charge >= 0.3 is 5.97 Å². The minimum Gasteiger partial charge on any atom is -0.481 e. The lowest BCUT2D eigenvalue weighted by molar-refractivity contribution is -0.147. The predicted molar refractivity (Wildman–Crippen MR) is 68.0 cm³/mol. The van der Waals surface area contributed by atoms with Gasteiger partial charge in [-0.2, -0.15) is 0 Å². The maximum Gasteiger partial charge on any atom is 0.316 e. The first-order valence-electron chi connectivity index (χ1n) is 5.40. The van der Waals surface area contributed by atoms with Crippen LogP contribution in [0.5, 0.6) is 0 Å². The maximum atomic E-state index is 11.6. The first-order chi connectivity index (χ1) is 8.90. The van der Waals surface area contributed by atoms with Crippen LogP contribution in [0.1, 0.15) is 5.56 Å². The standard InChI is InChI=1S/C12H9Cl2NO4/c13-8-2-1-6(3-9(8)14)4-15-5-7(12(18)19)10(16)11(15)17/h1-3,7H,4-5H2,(H,18,19). The highest BCUT2D eigenvalue weighted by molar-refractivity contribution is 6.42. The zero-order valence-corrected chi connectivity index (χ0v) is 11.1. The van der Waals surface area contributed by atoms with Gasteiger partial charge in [0.1, 0.15) is 5.92 Å². The van der Waals surface area contributed by atoms with E-state index >= 15 is 0 Å². The summed E-state index contributed by atoms with van der Waals surface area (Å²) in [4.78, 5) is 35.1. The SMILES string of the molecule is O=C(O)C1CN(Cc2ccc(Cl)c(Cl)c2)C(=O)C1=O. The number of amides is 1. The van der Waals surface area contributed by atoms with E-state index in [1.54, 1.807) is 18.2 Å². The summed E-state index contributed by atoms with van der Waals surface area (Å²) in [5.74, 6) is -4.23. The van der Waals surface area contributed by atoms with Crippen molar-refractivity contribution >= 4 is 40.9 Å². The zero-order valence-electron chi connectivity index (χ0n) is 9.60. The van der Waals surface area contributed by atoms with Crippen molar-refractivity contribution in [2.24, 2.45) is 5.92 Å². The van der Waals surface area contributed by atoms with Gasteiger partial charge in [-0.1, -0.05) is 29.3 Å². The van der Waals surface area contributed by atoms with Crippen molar-refractivity contribution in [3.63, 3.8) is 0 Å². The summed E-state index contributed by atoms with van der Waals surface area (Å²) in [7, 11) is 0. The number of Topliss-reactive ketones (excluding diaryl/α,β-unsaturated/α-hetero) is 1. The summed E-state index contributed by atoms with van der Waals surface area (Å²) < 4.78 is 0. The van der Waals surface area contributed by atoms with Crippen molar-refractivity contribution in [3.05, 3.63) is 33.8 Å². The molecule has 1 saturated heterocycles. The average molecular weight is 302 g/mol. The second-order valence-corrected chi connectivity index (χ2v) is 5.00. The molecular weight excluding hydrogens is 293 g/mol. The molecule has 1 atom stereocenters. The molecule has 0 aromatic heterocycles. The predicted octanol–water partition coefficient (Wildman–Crippen LogP) is 1.61. The molecule has 1 aliphatic rings. The molecular formula is C12H9Cl2NO4. The number of halogens is 2. The van der Waals surface area contributed by atoms with Crippen LogP contribution in [-0.2, 0) is 20.9 Å². The monoisotopic (exact) mass is 301 g/mol. The van der Waals surface area contributed by atoms with E-state index in [-0.39, 0.29) is 13.1 Å². The van der Waals surface area contributed by atoms with E-state index in [0.29, 0.717) is 15.6 Å². The molecule has 0 aliphatic carbocycles. The van der Waals surface area contributed by atoms with E-state index in [0.717, 1.165) is 0 Å². The van der Waals surface area contributed by atoms with Crippen molar-refractivity contribution in [2.75, 3.05) is 6.54 Å². The van der Waals surface area contributed by atoms with Gasteiger partial charge < -0.3 is 10.0 Å². The molecule has 1 aromatic rings. The number of likely N-dealkylation sites (tertiary alicyclic amines) is 1. The normalized spacial score (nSPS) is 19.1. The lowest BCUT2D eigenvalue weighted by atomic mass is 10.1. The van der Waals surface area contributed by atoms with Crippen LogP contribution in [0.15, 0.2) is 18.2 Å². The molecule has 1 fully saturated rings. The van der Waals surface area contributed by atoms with E-state index in [1.807, 2.05) is 0 Å². The molecule has 0 bridgehead atoms. The van der Waals surface area contributed by atoms with Crippen LogP contribution >= 0.6 is 23.2 Å². The molecule has 7 heteroatoms. The highest BCUT2D eigenvalue weighted by Gasteiger charge is 2.43. The van der Waals surface area contributed by atoms with Crippen LogP contribution < -0.4 is 0 Å². The van der Waals surface area contributed by atoms with Crippen molar-refractivity contribution in [1.29, 1.82) is 0 Å². The van der Waals surface area contributed by atoms with E-state index in [1.165, 1.54) is 4.90 Å². The molecule has 1 amide bonds. The van der Waals surface area contributed by atoms with Crippen molar-refractivity contribution in [1.82, 2.24) is 4.90 Å². The van der Waals surface area contributed by atoms with Gasteiger partial charge in [0.05, 0.1) is 10.0 Å². The minimum absolute atomic E-state index is 0.118. The third-order valence-electron chi connectivity index (χ3n) is 2.87. The van der Waals surface area contributed by atoms with E-state index in [9.17, 15) is 14.4 Å². The third kappa shape index (κ3) is 2.72. The Balaban J connectivity index is 2.16. The Morgan fingerprint density at radius 1 is 1.32 bits per heavy atom. The number of hydrogen-bond acceptors (Lipinski definition) is 3. The summed E-state index contributed by atoms with van der Waals surface area (Å²) in [6.07, 6.45) is 0. The van der Waals surface area contributed by atoms with Gasteiger partial charge in [-0.25, -0.2) is 0 Å². The Hall–Kier alpha value is -1.59. The van der Waals surface area contributed by atoms with Gasteiger partial charge in [0.15, 0.2) is 0 Å². The number of carbonyl (C=O) groups excluding carboxylic acids is 2. The number of benzene rings is 1. The van der Waals surface area contributed by atoms with Crippen LogP contribution in [0, 0.1) is 5.92 Å². The van der Waals surface area contributed by atoms with Crippen LogP contribution in [0.4, 0.5) is 0 Å². The highest BCUT2D eigenvalue weighted by atomic mass is 35.5. The average Bonchev–Trinajstić information content (AvgIpc) is 2.62. The Kier molecular flexibility index (Phi) is 3.78. The fraction of sp³-hybridized carbons (Fsp3) is 0.250. The number of hydrogen-bond donors (Lipinski definition) is 1. The summed E-state index contributed by atoms with van der Waals surface area (Å²) in [6.45, 7) is 0.0124. The molecule has 2 rings (SSSR count). The van der Waals surface area contributed by atoms with Gasteiger partial charge in [0, 0.05) is 13.1 Å². The van der Waals surface area contributed by atoms with Crippen molar-refractivity contribution < 1.29 is 19.5 Å². The topological polar surface area (TPSA) is 74.7 Å². The van der Waals surface area contributed by atoms with Crippen LogP contribution in [0.3, 0.4) is 0 Å². The largest absolute Gasteiger partial charge is 0.481 e. The number of carboxylic acids is 1. The number of rotatable bonds is 3. The number of carboxylic acid groups (broad SMARTS) is 1. The molecule has 19 heavy (non-hydrogen) atoms. The van der Waals surface area contributed by atoms with Gasteiger partial charge in [-0.15, -0.1) is 0 Å². The first-order valence-corrected chi connectivity index (χ1v) is 6.15. The number of carbonyl (C=O) groups is 3. The molecule has 1 heterocycles. The lowest BCUT2D eigenvalue weighted by Crippen LogP contribution is -2.26. The Bertz CT molecular complexity index is 573. The zero-order chi connectivity index (χ0) is 14.2. The molecule has 5 nitrogen and oxygen atoms in total. The van der Waals surface area contributed by atoms with Gasteiger partial charge in [-0.3, -0.25) is 14.4 Å². The fourth-order valence-corrected chi connectivity index (χ4v) is 2.20. The second kappa shape index (κ2) is 5.19. The minimum atomic E-state index is -1.28. The summed E-state index contributed by atoms with van der Waals surface area (Å²) in [5, 5.41) is 9.55. The molecule has 0 spiro atoms.